The highest BCUT2D eigenvalue weighted by Gasteiger charge is 2.14. The highest BCUT2D eigenvalue weighted by molar-refractivity contribution is 5.94. The summed E-state index contributed by atoms with van der Waals surface area (Å²) in [6.07, 6.45) is 5.48. The molecule has 0 aliphatic rings. The van der Waals surface area contributed by atoms with Gasteiger partial charge in [-0.15, -0.1) is 0 Å². The van der Waals surface area contributed by atoms with Crippen molar-refractivity contribution in [3.8, 4) is 5.75 Å². The third-order valence-electron chi connectivity index (χ3n) is 4.14. The molecule has 0 spiro atoms. The maximum atomic E-state index is 12.4. The number of urea groups is 1. The van der Waals surface area contributed by atoms with E-state index in [0.717, 1.165) is 18.4 Å². The summed E-state index contributed by atoms with van der Waals surface area (Å²) in [5.41, 5.74) is 2.56. The van der Waals surface area contributed by atoms with Crippen LogP contribution in [0.4, 0.5) is 10.5 Å². The summed E-state index contributed by atoms with van der Waals surface area (Å²) in [7, 11) is 5.13. The van der Waals surface area contributed by atoms with Gasteiger partial charge in [-0.25, -0.2) is 9.59 Å². The van der Waals surface area contributed by atoms with Crippen LogP contribution in [-0.4, -0.2) is 51.4 Å². The second kappa shape index (κ2) is 7.34. The van der Waals surface area contributed by atoms with Crippen LogP contribution in [-0.2, 0) is 13.5 Å². The monoisotopic (exact) mass is 358 g/mol. The Morgan fingerprint density at radius 3 is 2.73 bits per heavy atom. The predicted octanol–water partition coefficient (Wildman–Crippen LogP) is 1.69. The summed E-state index contributed by atoms with van der Waals surface area (Å²) in [4.78, 5) is 30.8. The Kier molecular flexibility index (Phi) is 4.97. The maximum absolute atomic E-state index is 12.4. The number of carbonyl (C=O) groups is 1. The lowest BCUT2D eigenvalue weighted by Gasteiger charge is -2.19. The number of hydrogen-bond acceptors (Lipinski definition) is 4. The number of amides is 2. The number of aromatic nitrogens is 4. The number of H-pyrrole nitrogens is 2. The highest BCUT2D eigenvalue weighted by Crippen LogP contribution is 2.28. The van der Waals surface area contributed by atoms with E-state index >= 15 is 0 Å². The fraction of sp³-hybridized carbons (Fsp3) is 0.353. The van der Waals surface area contributed by atoms with Crippen LogP contribution in [0, 0.1) is 0 Å². The molecule has 3 aromatic rings. The molecule has 0 atom stereocenters. The van der Waals surface area contributed by atoms with Crippen LogP contribution in [0.25, 0.3) is 11.0 Å². The molecule has 0 fully saturated rings. The molecular formula is C17H22N6O3. The molecule has 0 unspecified atom stereocenters. The van der Waals surface area contributed by atoms with Crippen molar-refractivity contribution in [2.45, 2.75) is 12.8 Å². The van der Waals surface area contributed by atoms with Crippen molar-refractivity contribution in [1.82, 2.24) is 24.6 Å². The van der Waals surface area contributed by atoms with Gasteiger partial charge in [-0.05, 0) is 24.5 Å². The SMILES string of the molecule is COc1cc2[nH]c(=O)[nH]c2cc1NC(=O)N(C)CCCc1cnn(C)c1. The van der Waals surface area contributed by atoms with Crippen molar-refractivity contribution >= 4 is 22.8 Å². The van der Waals surface area contributed by atoms with Crippen molar-refractivity contribution in [2.24, 2.45) is 7.05 Å². The van der Waals surface area contributed by atoms with Gasteiger partial charge in [-0.3, -0.25) is 4.68 Å². The van der Waals surface area contributed by atoms with Crippen molar-refractivity contribution < 1.29 is 9.53 Å². The molecule has 2 heterocycles. The molecule has 3 N–H and O–H groups in total. The molecule has 0 aliphatic heterocycles. The minimum absolute atomic E-state index is 0.244. The lowest BCUT2D eigenvalue weighted by molar-refractivity contribution is 0.222. The number of ether oxygens (including phenoxy) is 1. The van der Waals surface area contributed by atoms with E-state index < -0.39 is 0 Å². The van der Waals surface area contributed by atoms with E-state index in [1.54, 1.807) is 28.8 Å². The average molecular weight is 358 g/mol. The number of carbonyl (C=O) groups excluding carboxylic acids is 1. The molecule has 0 radical (unpaired) electrons. The topological polar surface area (TPSA) is 108 Å². The maximum Gasteiger partial charge on any atom is 0.323 e. The molecule has 9 nitrogen and oxygen atoms in total. The van der Waals surface area contributed by atoms with Crippen molar-refractivity contribution in [2.75, 3.05) is 26.0 Å². The third-order valence-corrected chi connectivity index (χ3v) is 4.14. The fourth-order valence-electron chi connectivity index (χ4n) is 2.76. The summed E-state index contributed by atoms with van der Waals surface area (Å²) in [6.45, 7) is 0.603. The van der Waals surface area contributed by atoms with Crippen molar-refractivity contribution in [1.29, 1.82) is 0 Å². The molecule has 138 valence electrons. The first kappa shape index (κ1) is 17.6. The van der Waals surface area contributed by atoms with E-state index in [1.807, 2.05) is 19.4 Å². The van der Waals surface area contributed by atoms with Gasteiger partial charge >= 0.3 is 11.7 Å². The summed E-state index contributed by atoms with van der Waals surface area (Å²) in [5, 5.41) is 6.96. The second-order valence-corrected chi connectivity index (χ2v) is 6.15. The van der Waals surface area contributed by atoms with Gasteiger partial charge in [0.15, 0.2) is 0 Å². The number of nitrogens with one attached hydrogen (secondary N) is 3. The smallest absolute Gasteiger partial charge is 0.323 e. The lowest BCUT2D eigenvalue weighted by Crippen LogP contribution is -2.32. The predicted molar refractivity (Wildman–Crippen MR) is 98.6 cm³/mol. The molecule has 1 aromatic carbocycles. The number of aryl methyl sites for hydroxylation is 2. The standard InChI is InChI=1S/C17H22N6O3/c1-22(6-4-5-11-9-18-23(2)10-11)17(25)21-14-7-12-13(8-15(14)26-3)20-16(24)19-12/h7-10H,4-6H2,1-3H3,(H,21,25)(H2,19,20,24). The van der Waals surface area contributed by atoms with E-state index in [4.69, 9.17) is 4.74 Å². The Morgan fingerprint density at radius 2 is 2.08 bits per heavy atom. The van der Waals surface area contributed by atoms with E-state index in [0.29, 0.717) is 29.0 Å². The van der Waals surface area contributed by atoms with Crippen molar-refractivity contribution in [3.05, 3.63) is 40.6 Å². The van der Waals surface area contributed by atoms with Crippen LogP contribution in [0.15, 0.2) is 29.3 Å². The summed E-state index contributed by atoms with van der Waals surface area (Å²) < 4.78 is 7.07. The van der Waals surface area contributed by atoms with Crippen LogP contribution >= 0.6 is 0 Å². The number of imidazole rings is 1. The Labute approximate surface area is 150 Å². The van der Waals surface area contributed by atoms with E-state index in [-0.39, 0.29) is 11.7 Å². The zero-order valence-corrected chi connectivity index (χ0v) is 15.0. The van der Waals surface area contributed by atoms with Crippen LogP contribution in [0.1, 0.15) is 12.0 Å². The molecule has 0 saturated carbocycles. The normalized spacial score (nSPS) is 10.9. The molecule has 0 aliphatic carbocycles. The molecule has 0 saturated heterocycles. The molecular weight excluding hydrogens is 336 g/mol. The summed E-state index contributed by atoms with van der Waals surface area (Å²) >= 11 is 0. The quantitative estimate of drug-likeness (QED) is 0.623. The Hall–Kier alpha value is -3.23. The minimum atomic E-state index is -0.307. The van der Waals surface area contributed by atoms with Crippen LogP contribution < -0.4 is 15.7 Å². The molecule has 2 aromatic heterocycles. The van der Waals surface area contributed by atoms with Gasteiger partial charge in [0, 0.05) is 32.9 Å². The largest absolute Gasteiger partial charge is 0.494 e. The first-order valence-corrected chi connectivity index (χ1v) is 8.26. The van der Waals surface area contributed by atoms with Gasteiger partial charge in [-0.1, -0.05) is 0 Å². The molecule has 3 rings (SSSR count). The van der Waals surface area contributed by atoms with Gasteiger partial charge in [0.1, 0.15) is 5.75 Å². The zero-order chi connectivity index (χ0) is 18.7. The van der Waals surface area contributed by atoms with Crippen LogP contribution in [0.2, 0.25) is 0 Å². The Morgan fingerprint density at radius 1 is 1.35 bits per heavy atom. The van der Waals surface area contributed by atoms with Gasteiger partial charge in [-0.2, -0.15) is 5.10 Å². The number of methoxy groups -OCH3 is 1. The summed E-state index contributed by atoms with van der Waals surface area (Å²) in [6, 6.07) is 3.10. The van der Waals surface area contributed by atoms with Crippen LogP contribution in [0.3, 0.4) is 0 Å². The van der Waals surface area contributed by atoms with Gasteiger partial charge in [0.05, 0.1) is 30.0 Å². The summed E-state index contributed by atoms with van der Waals surface area (Å²) in [5.74, 6) is 0.477. The number of fused-ring (bicyclic) bond motifs is 1. The first-order chi connectivity index (χ1) is 12.5. The van der Waals surface area contributed by atoms with Gasteiger partial charge in [0.2, 0.25) is 0 Å². The average Bonchev–Trinajstić information content (AvgIpc) is 3.17. The number of anilines is 1. The van der Waals surface area contributed by atoms with E-state index in [1.165, 1.54) is 7.11 Å². The number of nitrogens with zero attached hydrogens (tertiary/aromatic N) is 3. The number of hydrogen-bond donors (Lipinski definition) is 3. The number of benzene rings is 1. The number of aromatic amines is 2. The van der Waals surface area contributed by atoms with E-state index in [9.17, 15) is 9.59 Å². The first-order valence-electron chi connectivity index (χ1n) is 8.26. The Bertz CT molecular complexity index is 970. The molecule has 2 amide bonds. The van der Waals surface area contributed by atoms with Crippen LogP contribution in [0.5, 0.6) is 5.75 Å². The van der Waals surface area contributed by atoms with Gasteiger partial charge < -0.3 is 24.9 Å². The Balaban J connectivity index is 1.62. The van der Waals surface area contributed by atoms with E-state index in [2.05, 4.69) is 20.4 Å². The van der Waals surface area contributed by atoms with Gasteiger partial charge in [0.25, 0.3) is 0 Å². The number of rotatable bonds is 6. The molecule has 9 heteroatoms. The molecule has 0 bridgehead atoms. The van der Waals surface area contributed by atoms with Crippen molar-refractivity contribution in [3.63, 3.8) is 0 Å². The fourth-order valence-corrected chi connectivity index (χ4v) is 2.76. The third kappa shape index (κ3) is 3.88. The minimum Gasteiger partial charge on any atom is -0.494 e. The second-order valence-electron chi connectivity index (χ2n) is 6.15. The highest BCUT2D eigenvalue weighted by atomic mass is 16.5. The lowest BCUT2D eigenvalue weighted by atomic mass is 10.2. The zero-order valence-electron chi connectivity index (χ0n) is 15.0. The molecule has 26 heavy (non-hydrogen) atoms.